The van der Waals surface area contributed by atoms with Crippen molar-refractivity contribution in [3.63, 3.8) is 0 Å². The maximum absolute atomic E-state index is 9.87. The fourth-order valence-corrected chi connectivity index (χ4v) is 0.213. The Kier molecular flexibility index (Phi) is 7.52. The average Bonchev–Trinajstić information content (AvgIpc) is 1.56. The first kappa shape index (κ1) is 12.3. The highest BCUT2D eigenvalue weighted by Crippen LogP contribution is 1.77. The van der Waals surface area contributed by atoms with Gasteiger partial charge in [0.2, 0.25) is 0 Å². The molecular formula is C6H10O5. The van der Waals surface area contributed by atoms with Crippen LogP contribution in [0.5, 0.6) is 0 Å². The van der Waals surface area contributed by atoms with Crippen LogP contribution in [0.1, 0.15) is 20.3 Å². The predicted octanol–water partition coefficient (Wildman–Crippen LogP) is 0.141. The fraction of sp³-hybridized carbons (Fsp3) is 0.500. The topological polar surface area (TPSA) is 91.7 Å². The number of ketones is 1. The second-order valence-electron chi connectivity index (χ2n) is 1.79. The molecule has 0 unspecified atom stereocenters. The normalized spacial score (nSPS) is 7.45. The molecule has 0 saturated carbocycles. The summed E-state index contributed by atoms with van der Waals surface area (Å²) in [6.07, 6.45) is -0.361. The number of Topliss-reactive ketones (excluding diaryl/α,β-unsaturated/α-hetero) is 1. The Morgan fingerprint density at radius 3 is 1.36 bits per heavy atom. The smallest absolute Gasteiger partial charge is 0.310 e. The lowest BCUT2D eigenvalue weighted by molar-refractivity contribution is -0.140. The number of hydrogen-bond acceptors (Lipinski definition) is 3. The summed E-state index contributed by atoms with van der Waals surface area (Å²) in [5.41, 5.74) is 0. The average molecular weight is 162 g/mol. The molecule has 0 aromatic carbocycles. The summed E-state index contributed by atoms with van der Waals surface area (Å²) in [5.74, 6) is -2.21. The van der Waals surface area contributed by atoms with Gasteiger partial charge in [0.25, 0.3) is 5.97 Å². The van der Waals surface area contributed by atoms with Crippen molar-refractivity contribution in [2.75, 3.05) is 0 Å². The van der Waals surface area contributed by atoms with Gasteiger partial charge in [-0.25, -0.2) is 0 Å². The third-order valence-corrected chi connectivity index (χ3v) is 0.400. The van der Waals surface area contributed by atoms with Crippen molar-refractivity contribution >= 4 is 17.7 Å². The summed E-state index contributed by atoms with van der Waals surface area (Å²) in [5, 5.41) is 15.3. The Hall–Kier alpha value is -1.39. The predicted molar refractivity (Wildman–Crippen MR) is 36.2 cm³/mol. The maximum Gasteiger partial charge on any atom is 0.310 e. The summed E-state index contributed by atoms with van der Waals surface area (Å²) in [6.45, 7) is 2.33. The lowest BCUT2D eigenvalue weighted by Gasteiger charge is -1.80. The molecule has 0 amide bonds. The minimum atomic E-state index is -1.06. The molecule has 0 bridgehead atoms. The van der Waals surface area contributed by atoms with E-state index in [1.165, 1.54) is 6.92 Å². The molecule has 0 radical (unpaired) electrons. The molecule has 5 nitrogen and oxygen atoms in total. The molecule has 0 aliphatic heterocycles. The van der Waals surface area contributed by atoms with E-state index < -0.39 is 11.9 Å². The molecule has 0 atom stereocenters. The van der Waals surface area contributed by atoms with Crippen molar-refractivity contribution in [3.8, 4) is 0 Å². The molecule has 2 N–H and O–H groups in total. The maximum atomic E-state index is 9.87. The van der Waals surface area contributed by atoms with E-state index in [1.807, 2.05) is 0 Å². The van der Waals surface area contributed by atoms with E-state index in [4.69, 9.17) is 15.0 Å². The Labute approximate surface area is 63.6 Å². The Bertz CT molecular complexity index is 144. The van der Waals surface area contributed by atoms with Gasteiger partial charge < -0.3 is 10.2 Å². The zero-order valence-corrected chi connectivity index (χ0v) is 6.33. The third-order valence-electron chi connectivity index (χ3n) is 0.400. The highest BCUT2D eigenvalue weighted by molar-refractivity contribution is 5.93. The second-order valence-corrected chi connectivity index (χ2v) is 1.79. The van der Waals surface area contributed by atoms with Gasteiger partial charge in [-0.05, 0) is 6.92 Å². The first-order valence-corrected chi connectivity index (χ1v) is 2.77. The van der Waals surface area contributed by atoms with Crippen molar-refractivity contribution in [1.29, 1.82) is 0 Å². The molecule has 0 heterocycles. The van der Waals surface area contributed by atoms with Crippen LogP contribution in [0.4, 0.5) is 0 Å². The second kappa shape index (κ2) is 6.73. The van der Waals surface area contributed by atoms with Crippen LogP contribution >= 0.6 is 0 Å². The van der Waals surface area contributed by atoms with Crippen molar-refractivity contribution in [3.05, 3.63) is 0 Å². The lowest BCUT2D eigenvalue weighted by Crippen LogP contribution is -2.00. The van der Waals surface area contributed by atoms with Crippen molar-refractivity contribution in [2.24, 2.45) is 0 Å². The number of carbonyl (C=O) groups excluding carboxylic acids is 1. The van der Waals surface area contributed by atoms with E-state index in [0.29, 0.717) is 0 Å². The van der Waals surface area contributed by atoms with Crippen LogP contribution < -0.4 is 0 Å². The van der Waals surface area contributed by atoms with Crippen LogP contribution in [0.2, 0.25) is 0 Å². The van der Waals surface area contributed by atoms with Gasteiger partial charge in [-0.3, -0.25) is 14.4 Å². The van der Waals surface area contributed by atoms with Gasteiger partial charge in [0.1, 0.15) is 12.2 Å². The number of rotatable bonds is 2. The van der Waals surface area contributed by atoms with Crippen LogP contribution in [-0.4, -0.2) is 27.9 Å². The van der Waals surface area contributed by atoms with Gasteiger partial charge in [0.05, 0.1) is 0 Å². The van der Waals surface area contributed by atoms with Gasteiger partial charge in [-0.15, -0.1) is 0 Å². The first-order chi connectivity index (χ1) is 4.86. The van der Waals surface area contributed by atoms with Crippen molar-refractivity contribution < 1.29 is 24.6 Å². The zero-order valence-electron chi connectivity index (χ0n) is 6.33. The van der Waals surface area contributed by atoms with Crippen molar-refractivity contribution in [1.82, 2.24) is 0 Å². The van der Waals surface area contributed by atoms with Gasteiger partial charge >= 0.3 is 5.97 Å². The molecule has 0 fully saturated rings. The number of carboxylic acids is 2. The molecule has 0 aromatic rings. The van der Waals surface area contributed by atoms with Gasteiger partial charge in [-0.1, -0.05) is 0 Å². The molecule has 0 saturated heterocycles. The van der Waals surface area contributed by atoms with Gasteiger partial charge in [-0.2, -0.15) is 0 Å². The molecule has 0 spiro atoms. The van der Waals surface area contributed by atoms with Gasteiger partial charge in [0, 0.05) is 6.92 Å². The minimum Gasteiger partial charge on any atom is -0.481 e. The molecule has 64 valence electrons. The van der Waals surface area contributed by atoms with Crippen LogP contribution in [0.15, 0.2) is 0 Å². The number of aliphatic carboxylic acids is 2. The van der Waals surface area contributed by atoms with E-state index in [0.717, 1.165) is 6.92 Å². The Balaban J connectivity index is 0. The highest BCUT2D eigenvalue weighted by Gasteiger charge is 1.98. The zero-order chi connectivity index (χ0) is 9.44. The number of carbonyl (C=O) groups is 3. The monoisotopic (exact) mass is 162 g/mol. The van der Waals surface area contributed by atoms with E-state index in [2.05, 4.69) is 0 Å². The molecule has 0 aliphatic carbocycles. The third kappa shape index (κ3) is 55.2. The minimum absolute atomic E-state index is 0.312. The molecule has 11 heavy (non-hydrogen) atoms. The SMILES string of the molecule is CC(=O)CC(=O)O.CC(=O)O. The fourth-order valence-electron chi connectivity index (χ4n) is 0.213. The van der Waals surface area contributed by atoms with E-state index in [9.17, 15) is 9.59 Å². The summed E-state index contributed by atoms with van der Waals surface area (Å²) in [6, 6.07) is 0. The summed E-state index contributed by atoms with van der Waals surface area (Å²) in [7, 11) is 0. The quantitative estimate of drug-likeness (QED) is 0.563. The Morgan fingerprint density at radius 1 is 1.09 bits per heavy atom. The largest absolute Gasteiger partial charge is 0.481 e. The molecule has 5 heteroatoms. The van der Waals surface area contributed by atoms with E-state index in [1.54, 1.807) is 0 Å². The lowest BCUT2D eigenvalue weighted by atomic mass is 10.3. The molecule has 0 aliphatic rings. The molecule has 0 rings (SSSR count). The van der Waals surface area contributed by atoms with E-state index in [-0.39, 0.29) is 12.2 Å². The van der Waals surface area contributed by atoms with E-state index >= 15 is 0 Å². The highest BCUT2D eigenvalue weighted by atomic mass is 16.4. The molecular weight excluding hydrogens is 152 g/mol. The van der Waals surface area contributed by atoms with Crippen molar-refractivity contribution in [2.45, 2.75) is 20.3 Å². The van der Waals surface area contributed by atoms with Crippen LogP contribution in [0.3, 0.4) is 0 Å². The summed E-state index contributed by atoms with van der Waals surface area (Å²) < 4.78 is 0. The number of hydrogen-bond donors (Lipinski definition) is 2. The Morgan fingerprint density at radius 2 is 1.36 bits per heavy atom. The van der Waals surface area contributed by atoms with Crippen LogP contribution in [0.25, 0.3) is 0 Å². The van der Waals surface area contributed by atoms with Gasteiger partial charge in [0.15, 0.2) is 0 Å². The summed E-state index contributed by atoms with van der Waals surface area (Å²) in [4.78, 5) is 28.5. The number of carboxylic acid groups (broad SMARTS) is 2. The standard InChI is InChI=1S/C4H6O3.C2H4O2/c1-3(5)2-4(6)7;1-2(3)4/h2H2,1H3,(H,6,7);1H3,(H,3,4). The van der Waals surface area contributed by atoms with Crippen LogP contribution in [0, 0.1) is 0 Å². The first-order valence-electron chi connectivity index (χ1n) is 2.77. The summed E-state index contributed by atoms with van der Waals surface area (Å²) >= 11 is 0. The van der Waals surface area contributed by atoms with Crippen LogP contribution in [-0.2, 0) is 14.4 Å². The molecule has 0 aromatic heterocycles.